The van der Waals surface area contributed by atoms with Crippen molar-refractivity contribution in [3.63, 3.8) is 0 Å². The SMILES string of the molecule is CCc1cccc(CC)c1N(C)C(=O)NC(N)=NCCOc1ccccc1. The summed E-state index contributed by atoms with van der Waals surface area (Å²) in [5, 5.41) is 2.64. The summed E-state index contributed by atoms with van der Waals surface area (Å²) < 4.78 is 5.55. The first-order valence-electron chi connectivity index (χ1n) is 9.20. The van der Waals surface area contributed by atoms with E-state index in [1.54, 1.807) is 11.9 Å². The Kier molecular flexibility index (Phi) is 7.67. The monoisotopic (exact) mass is 368 g/mol. The molecule has 2 amide bonds. The summed E-state index contributed by atoms with van der Waals surface area (Å²) in [5.74, 6) is 0.855. The van der Waals surface area contributed by atoms with Crippen molar-refractivity contribution in [1.82, 2.24) is 5.32 Å². The number of nitrogens with two attached hydrogens (primary N) is 1. The molecule has 0 bridgehead atoms. The average molecular weight is 368 g/mol. The highest BCUT2D eigenvalue weighted by Crippen LogP contribution is 2.26. The summed E-state index contributed by atoms with van der Waals surface area (Å²) in [6.45, 7) is 4.89. The Balaban J connectivity index is 1.93. The number of carbonyl (C=O) groups excluding carboxylic acids is 1. The fourth-order valence-electron chi connectivity index (χ4n) is 2.83. The maximum absolute atomic E-state index is 12.6. The number of nitrogens with zero attached hydrogens (tertiary/aromatic N) is 2. The van der Waals surface area contributed by atoms with Crippen molar-refractivity contribution in [2.45, 2.75) is 26.7 Å². The normalized spacial score (nSPS) is 11.1. The molecular formula is C21H28N4O2. The first-order chi connectivity index (χ1) is 13.1. The lowest BCUT2D eigenvalue weighted by Crippen LogP contribution is -2.45. The van der Waals surface area contributed by atoms with Gasteiger partial charge in [0.05, 0.1) is 12.2 Å². The molecule has 0 heterocycles. The van der Waals surface area contributed by atoms with Crippen LogP contribution in [0.2, 0.25) is 0 Å². The standard InChI is InChI=1S/C21H28N4O2/c1-4-16-10-9-11-17(5-2)19(16)25(3)21(26)24-20(22)23-14-15-27-18-12-7-6-8-13-18/h6-13H,4-5,14-15H2,1-3H3,(H3,22,23,24,26). The van der Waals surface area contributed by atoms with Crippen LogP contribution in [0.4, 0.5) is 10.5 Å². The van der Waals surface area contributed by atoms with E-state index in [0.29, 0.717) is 13.2 Å². The molecule has 0 radical (unpaired) electrons. The van der Waals surface area contributed by atoms with E-state index in [9.17, 15) is 4.79 Å². The third-order valence-electron chi connectivity index (χ3n) is 4.23. The van der Waals surface area contributed by atoms with Crippen LogP contribution in [0.1, 0.15) is 25.0 Å². The lowest BCUT2D eigenvalue weighted by Gasteiger charge is -2.23. The molecule has 0 saturated carbocycles. The molecule has 0 fully saturated rings. The minimum absolute atomic E-state index is 0.0792. The molecule has 2 rings (SSSR count). The van der Waals surface area contributed by atoms with Gasteiger partial charge in [0.15, 0.2) is 5.96 Å². The van der Waals surface area contributed by atoms with Gasteiger partial charge in [-0.3, -0.25) is 10.2 Å². The fraction of sp³-hybridized carbons (Fsp3) is 0.333. The second-order valence-corrected chi connectivity index (χ2v) is 6.05. The maximum Gasteiger partial charge on any atom is 0.328 e. The molecule has 144 valence electrons. The number of aliphatic imine (C=N–C) groups is 1. The summed E-state index contributed by atoms with van der Waals surface area (Å²) >= 11 is 0. The van der Waals surface area contributed by atoms with Crippen LogP contribution < -0.4 is 20.7 Å². The highest BCUT2D eigenvalue weighted by Gasteiger charge is 2.17. The van der Waals surface area contributed by atoms with Gasteiger partial charge in [0.2, 0.25) is 0 Å². The molecule has 2 aromatic rings. The number of anilines is 1. The number of nitrogens with one attached hydrogen (secondary N) is 1. The van der Waals surface area contributed by atoms with E-state index < -0.39 is 0 Å². The Hall–Kier alpha value is -3.02. The van der Waals surface area contributed by atoms with Crippen molar-refractivity contribution in [1.29, 1.82) is 0 Å². The minimum atomic E-state index is -0.309. The fourth-order valence-corrected chi connectivity index (χ4v) is 2.83. The summed E-state index contributed by atoms with van der Waals surface area (Å²) in [4.78, 5) is 18.3. The molecule has 0 aliphatic heterocycles. The molecule has 0 aliphatic rings. The van der Waals surface area contributed by atoms with Gasteiger partial charge in [0.1, 0.15) is 12.4 Å². The first-order valence-corrected chi connectivity index (χ1v) is 9.20. The number of urea groups is 1. The van der Waals surface area contributed by atoms with Crippen LogP contribution in [-0.4, -0.2) is 32.2 Å². The summed E-state index contributed by atoms with van der Waals surface area (Å²) in [7, 11) is 1.74. The van der Waals surface area contributed by atoms with Crippen LogP contribution in [-0.2, 0) is 12.8 Å². The zero-order valence-corrected chi connectivity index (χ0v) is 16.2. The van der Waals surface area contributed by atoms with Crippen LogP contribution in [0, 0.1) is 0 Å². The number of aryl methyl sites for hydroxylation is 2. The van der Waals surface area contributed by atoms with Gasteiger partial charge in [-0.2, -0.15) is 0 Å². The van der Waals surface area contributed by atoms with Crippen molar-refractivity contribution < 1.29 is 9.53 Å². The Morgan fingerprint density at radius 2 is 1.70 bits per heavy atom. The van der Waals surface area contributed by atoms with E-state index in [2.05, 4.69) is 24.2 Å². The Morgan fingerprint density at radius 3 is 2.30 bits per heavy atom. The molecule has 0 atom stereocenters. The van der Waals surface area contributed by atoms with E-state index in [-0.39, 0.29) is 12.0 Å². The van der Waals surface area contributed by atoms with Crippen molar-refractivity contribution in [3.05, 3.63) is 59.7 Å². The van der Waals surface area contributed by atoms with Crippen LogP contribution >= 0.6 is 0 Å². The average Bonchev–Trinajstić information content (AvgIpc) is 2.70. The maximum atomic E-state index is 12.6. The zero-order chi connectivity index (χ0) is 19.6. The molecule has 2 aromatic carbocycles. The van der Waals surface area contributed by atoms with Gasteiger partial charge >= 0.3 is 6.03 Å². The van der Waals surface area contributed by atoms with Gasteiger partial charge in [0, 0.05) is 7.05 Å². The van der Waals surface area contributed by atoms with E-state index >= 15 is 0 Å². The highest BCUT2D eigenvalue weighted by molar-refractivity contribution is 6.03. The number of para-hydroxylation sites is 2. The summed E-state index contributed by atoms with van der Waals surface area (Å²) in [5.41, 5.74) is 9.03. The largest absolute Gasteiger partial charge is 0.492 e. The van der Waals surface area contributed by atoms with Gasteiger partial charge in [-0.15, -0.1) is 0 Å². The van der Waals surface area contributed by atoms with E-state index in [0.717, 1.165) is 35.4 Å². The second kappa shape index (κ2) is 10.2. The lowest BCUT2D eigenvalue weighted by atomic mass is 10.0. The quantitative estimate of drug-likeness (QED) is 0.447. The zero-order valence-electron chi connectivity index (χ0n) is 16.2. The number of ether oxygens (including phenoxy) is 1. The van der Waals surface area contributed by atoms with E-state index in [4.69, 9.17) is 10.5 Å². The van der Waals surface area contributed by atoms with Gasteiger partial charge in [-0.1, -0.05) is 50.2 Å². The predicted molar refractivity (Wildman–Crippen MR) is 111 cm³/mol. The molecule has 0 saturated heterocycles. The molecule has 0 aromatic heterocycles. The minimum Gasteiger partial charge on any atom is -0.492 e. The van der Waals surface area contributed by atoms with Crippen molar-refractivity contribution >= 4 is 17.7 Å². The molecule has 6 heteroatoms. The molecule has 6 nitrogen and oxygen atoms in total. The van der Waals surface area contributed by atoms with Gasteiger partial charge in [0.25, 0.3) is 0 Å². The Bertz CT molecular complexity index is 753. The molecule has 0 aliphatic carbocycles. The van der Waals surface area contributed by atoms with Gasteiger partial charge in [-0.25, -0.2) is 9.79 Å². The number of rotatable bonds is 7. The Labute approximate surface area is 161 Å². The highest BCUT2D eigenvalue weighted by atomic mass is 16.5. The number of guanidine groups is 1. The lowest BCUT2D eigenvalue weighted by molar-refractivity contribution is 0.251. The summed E-state index contributed by atoms with van der Waals surface area (Å²) in [6, 6.07) is 15.3. The molecule has 0 spiro atoms. The van der Waals surface area contributed by atoms with Crippen LogP contribution in [0.15, 0.2) is 53.5 Å². The number of hydrogen-bond acceptors (Lipinski definition) is 3. The molecule has 0 unspecified atom stereocenters. The molecular weight excluding hydrogens is 340 g/mol. The molecule has 27 heavy (non-hydrogen) atoms. The van der Waals surface area contributed by atoms with Crippen molar-refractivity contribution in [3.8, 4) is 5.75 Å². The van der Waals surface area contributed by atoms with E-state index in [1.807, 2.05) is 48.5 Å². The van der Waals surface area contributed by atoms with Crippen molar-refractivity contribution in [2.24, 2.45) is 10.7 Å². The first kappa shape index (κ1) is 20.3. The van der Waals surface area contributed by atoms with E-state index in [1.165, 1.54) is 0 Å². The third-order valence-corrected chi connectivity index (χ3v) is 4.23. The molecule has 3 N–H and O–H groups in total. The van der Waals surface area contributed by atoms with Gasteiger partial charge in [-0.05, 0) is 36.1 Å². The van der Waals surface area contributed by atoms with Crippen LogP contribution in [0.25, 0.3) is 0 Å². The summed E-state index contributed by atoms with van der Waals surface area (Å²) in [6.07, 6.45) is 1.70. The van der Waals surface area contributed by atoms with Crippen molar-refractivity contribution in [2.75, 3.05) is 25.1 Å². The van der Waals surface area contributed by atoms with Crippen LogP contribution in [0.5, 0.6) is 5.75 Å². The third kappa shape index (κ3) is 5.74. The second-order valence-electron chi connectivity index (χ2n) is 6.05. The topological polar surface area (TPSA) is 80.0 Å². The number of amides is 2. The van der Waals surface area contributed by atoms with Crippen LogP contribution in [0.3, 0.4) is 0 Å². The number of benzene rings is 2. The number of carbonyl (C=O) groups is 1. The smallest absolute Gasteiger partial charge is 0.328 e. The number of hydrogen-bond donors (Lipinski definition) is 2. The van der Waals surface area contributed by atoms with Gasteiger partial charge < -0.3 is 10.5 Å². The Morgan fingerprint density at radius 1 is 1.07 bits per heavy atom. The predicted octanol–water partition coefficient (Wildman–Crippen LogP) is 3.35.